The van der Waals surface area contributed by atoms with Gasteiger partial charge >= 0.3 is 0 Å². The van der Waals surface area contributed by atoms with Crippen molar-refractivity contribution in [2.45, 2.75) is 47.0 Å². The van der Waals surface area contributed by atoms with Gasteiger partial charge in [-0.3, -0.25) is 0 Å². The van der Waals surface area contributed by atoms with Crippen molar-refractivity contribution in [1.29, 1.82) is 5.26 Å². The van der Waals surface area contributed by atoms with E-state index in [0.717, 1.165) is 17.9 Å². The first-order valence-corrected chi connectivity index (χ1v) is 9.81. The SMILES string of the molecule is CCC1CCNC1.CCc1ccccc1C.Cc1ccc(C#N)c(Cl)c1. The molecule has 2 aromatic carbocycles. The summed E-state index contributed by atoms with van der Waals surface area (Å²) in [6.07, 6.45) is 3.90. The molecule has 0 radical (unpaired) electrons. The van der Waals surface area contributed by atoms with Crippen molar-refractivity contribution in [3.63, 3.8) is 0 Å². The maximum Gasteiger partial charge on any atom is 0.101 e. The predicted molar refractivity (Wildman–Crippen MR) is 113 cm³/mol. The Morgan fingerprint density at radius 2 is 1.88 bits per heavy atom. The molecule has 1 atom stereocenters. The molecule has 1 N–H and O–H groups in total. The van der Waals surface area contributed by atoms with E-state index in [1.807, 2.05) is 19.1 Å². The van der Waals surface area contributed by atoms with E-state index in [-0.39, 0.29) is 0 Å². The summed E-state index contributed by atoms with van der Waals surface area (Å²) in [4.78, 5) is 0. The number of hydrogen-bond acceptors (Lipinski definition) is 2. The van der Waals surface area contributed by atoms with Gasteiger partial charge in [-0.25, -0.2) is 0 Å². The van der Waals surface area contributed by atoms with Gasteiger partial charge in [-0.1, -0.05) is 62.2 Å². The van der Waals surface area contributed by atoms with Gasteiger partial charge in [-0.05, 0) is 74.5 Å². The molecule has 0 aromatic heterocycles. The standard InChI is InChI=1S/C9H12.C8H6ClN.C6H13N/c1-3-9-7-5-4-6-8(9)2;1-6-2-3-7(5-10)8(9)4-6;1-2-6-3-4-7-5-6/h4-7H,3H2,1-2H3;2-4H,1H3;6-7H,2-5H2,1H3. The Bertz CT molecular complexity index is 698. The van der Waals surface area contributed by atoms with Crippen LogP contribution in [0.3, 0.4) is 0 Å². The molecule has 26 heavy (non-hydrogen) atoms. The quantitative estimate of drug-likeness (QED) is 0.694. The Morgan fingerprint density at radius 1 is 1.15 bits per heavy atom. The minimum absolute atomic E-state index is 0.530. The van der Waals surface area contributed by atoms with Crippen LogP contribution in [-0.4, -0.2) is 13.1 Å². The average molecular weight is 371 g/mol. The zero-order chi connectivity index (χ0) is 19.4. The van der Waals surface area contributed by atoms with Crippen LogP contribution in [0.25, 0.3) is 0 Å². The van der Waals surface area contributed by atoms with Crippen molar-refractivity contribution in [3.8, 4) is 6.07 Å². The third kappa shape index (κ3) is 8.04. The molecule has 0 saturated carbocycles. The maximum atomic E-state index is 8.47. The van der Waals surface area contributed by atoms with E-state index < -0.39 is 0 Å². The van der Waals surface area contributed by atoms with Crippen LogP contribution in [-0.2, 0) is 6.42 Å². The lowest BCUT2D eigenvalue weighted by atomic mass is 10.1. The van der Waals surface area contributed by atoms with E-state index in [9.17, 15) is 0 Å². The molecule has 0 amide bonds. The number of nitrogens with one attached hydrogen (secondary N) is 1. The number of aryl methyl sites for hydroxylation is 3. The van der Waals surface area contributed by atoms with Gasteiger partial charge < -0.3 is 5.32 Å². The van der Waals surface area contributed by atoms with E-state index in [1.54, 1.807) is 12.1 Å². The summed E-state index contributed by atoms with van der Waals surface area (Å²) in [5, 5.41) is 12.3. The minimum Gasteiger partial charge on any atom is -0.316 e. The Labute approximate surface area is 164 Å². The molecule has 0 aliphatic carbocycles. The first-order chi connectivity index (χ1) is 12.5. The van der Waals surface area contributed by atoms with Crippen molar-refractivity contribution in [1.82, 2.24) is 5.32 Å². The van der Waals surface area contributed by atoms with Crippen LogP contribution in [0.5, 0.6) is 0 Å². The third-order valence-electron chi connectivity index (χ3n) is 4.63. The summed E-state index contributed by atoms with van der Waals surface area (Å²) < 4.78 is 0. The van der Waals surface area contributed by atoms with E-state index in [1.165, 1.54) is 37.1 Å². The lowest BCUT2D eigenvalue weighted by Crippen LogP contribution is -2.07. The second-order valence-electron chi connectivity index (χ2n) is 6.64. The Balaban J connectivity index is 0.000000198. The van der Waals surface area contributed by atoms with E-state index in [0.29, 0.717) is 10.6 Å². The summed E-state index contributed by atoms with van der Waals surface area (Å²) in [6.45, 7) is 11.0. The Morgan fingerprint density at radius 3 is 2.31 bits per heavy atom. The minimum atomic E-state index is 0.530. The third-order valence-corrected chi connectivity index (χ3v) is 4.94. The molecule has 0 spiro atoms. The van der Waals surface area contributed by atoms with Gasteiger partial charge in [0.2, 0.25) is 0 Å². The molecule has 3 rings (SSSR count). The van der Waals surface area contributed by atoms with Crippen LogP contribution in [0.15, 0.2) is 42.5 Å². The highest BCUT2D eigenvalue weighted by molar-refractivity contribution is 6.31. The summed E-state index contributed by atoms with van der Waals surface area (Å²) in [6, 6.07) is 15.8. The highest BCUT2D eigenvalue weighted by atomic mass is 35.5. The lowest BCUT2D eigenvalue weighted by molar-refractivity contribution is 0.563. The zero-order valence-electron chi connectivity index (χ0n) is 16.5. The van der Waals surface area contributed by atoms with Crippen molar-refractivity contribution >= 4 is 11.6 Å². The molecule has 2 aromatic rings. The molecule has 1 heterocycles. The van der Waals surface area contributed by atoms with Crippen molar-refractivity contribution < 1.29 is 0 Å². The van der Waals surface area contributed by atoms with Crippen molar-refractivity contribution in [2.75, 3.05) is 13.1 Å². The zero-order valence-corrected chi connectivity index (χ0v) is 17.2. The van der Waals surface area contributed by atoms with Crippen LogP contribution in [0, 0.1) is 31.1 Å². The Hall–Kier alpha value is -1.82. The molecule has 1 aliphatic rings. The van der Waals surface area contributed by atoms with Crippen LogP contribution in [0.1, 0.15) is 48.9 Å². The molecule has 1 saturated heterocycles. The molecular weight excluding hydrogens is 340 g/mol. The first kappa shape index (κ1) is 22.2. The summed E-state index contributed by atoms with van der Waals surface area (Å²) >= 11 is 5.71. The topological polar surface area (TPSA) is 35.8 Å². The molecule has 140 valence electrons. The second-order valence-corrected chi connectivity index (χ2v) is 7.05. The average Bonchev–Trinajstić information content (AvgIpc) is 3.17. The van der Waals surface area contributed by atoms with E-state index in [2.05, 4.69) is 50.4 Å². The number of rotatable bonds is 2. The number of benzene rings is 2. The highest BCUT2D eigenvalue weighted by Gasteiger charge is 2.10. The van der Waals surface area contributed by atoms with Crippen molar-refractivity contribution in [2.24, 2.45) is 5.92 Å². The van der Waals surface area contributed by atoms with Gasteiger partial charge in [0, 0.05) is 0 Å². The van der Waals surface area contributed by atoms with Gasteiger partial charge in [0.25, 0.3) is 0 Å². The highest BCUT2D eigenvalue weighted by Crippen LogP contribution is 2.15. The molecule has 0 bridgehead atoms. The fourth-order valence-electron chi connectivity index (χ4n) is 2.78. The maximum absolute atomic E-state index is 8.47. The second kappa shape index (κ2) is 12.5. The van der Waals surface area contributed by atoms with Crippen LogP contribution in [0.2, 0.25) is 5.02 Å². The van der Waals surface area contributed by atoms with Crippen LogP contribution in [0.4, 0.5) is 0 Å². The summed E-state index contributed by atoms with van der Waals surface area (Å²) in [7, 11) is 0. The number of halogens is 1. The first-order valence-electron chi connectivity index (χ1n) is 9.43. The fraction of sp³-hybridized carbons (Fsp3) is 0.435. The largest absolute Gasteiger partial charge is 0.316 e. The summed E-state index contributed by atoms with van der Waals surface area (Å²) in [5.41, 5.74) is 4.47. The van der Waals surface area contributed by atoms with Gasteiger partial charge in [0.15, 0.2) is 0 Å². The summed E-state index contributed by atoms with van der Waals surface area (Å²) in [5.74, 6) is 0.986. The molecular formula is C23H31ClN2. The van der Waals surface area contributed by atoms with E-state index in [4.69, 9.17) is 16.9 Å². The van der Waals surface area contributed by atoms with Crippen LogP contribution >= 0.6 is 11.6 Å². The smallest absolute Gasteiger partial charge is 0.101 e. The Kier molecular flexibility index (Phi) is 10.7. The number of nitriles is 1. The molecule has 1 aliphatic heterocycles. The molecule has 2 nitrogen and oxygen atoms in total. The molecule has 1 fully saturated rings. The van der Waals surface area contributed by atoms with Gasteiger partial charge in [-0.2, -0.15) is 5.26 Å². The molecule has 1 unspecified atom stereocenters. The van der Waals surface area contributed by atoms with E-state index >= 15 is 0 Å². The fourth-order valence-corrected chi connectivity index (χ4v) is 3.06. The van der Waals surface area contributed by atoms with Crippen LogP contribution < -0.4 is 5.32 Å². The molecule has 3 heteroatoms. The lowest BCUT2D eigenvalue weighted by Gasteiger charge is -1.98. The van der Waals surface area contributed by atoms with Crippen molar-refractivity contribution in [3.05, 3.63) is 69.7 Å². The number of nitrogens with zero attached hydrogens (tertiary/aromatic N) is 1. The normalized spacial score (nSPS) is 15.2. The van der Waals surface area contributed by atoms with Gasteiger partial charge in [-0.15, -0.1) is 0 Å². The monoisotopic (exact) mass is 370 g/mol. The number of hydrogen-bond donors (Lipinski definition) is 1. The predicted octanol–water partition coefficient (Wildman–Crippen LogP) is 6.08. The van der Waals surface area contributed by atoms with Gasteiger partial charge in [0.1, 0.15) is 6.07 Å². The van der Waals surface area contributed by atoms with Gasteiger partial charge in [0.05, 0.1) is 10.6 Å².